The zero-order chi connectivity index (χ0) is 13.8. The second-order valence-corrected chi connectivity index (χ2v) is 6.05. The summed E-state index contributed by atoms with van der Waals surface area (Å²) in [5.74, 6) is 2.70. The fourth-order valence-corrected chi connectivity index (χ4v) is 3.28. The van der Waals surface area contributed by atoms with Gasteiger partial charge in [0.15, 0.2) is 0 Å². The Morgan fingerprint density at radius 2 is 2.00 bits per heavy atom. The van der Waals surface area contributed by atoms with Crippen molar-refractivity contribution >= 4 is 0 Å². The molecule has 106 valence electrons. The largest absolute Gasteiger partial charge is 0.467 e. The number of rotatable bonds is 5. The molecule has 1 N–H and O–H groups in total. The highest BCUT2D eigenvalue weighted by Crippen LogP contribution is 2.31. The van der Waals surface area contributed by atoms with Crippen LogP contribution in [0.15, 0.2) is 53.1 Å². The topological polar surface area (TPSA) is 25.2 Å². The molecule has 1 fully saturated rings. The molecule has 1 aliphatic carbocycles. The summed E-state index contributed by atoms with van der Waals surface area (Å²) in [4.78, 5) is 0. The van der Waals surface area contributed by atoms with Crippen LogP contribution >= 0.6 is 0 Å². The van der Waals surface area contributed by atoms with E-state index in [1.165, 1.54) is 24.8 Å². The molecule has 0 saturated heterocycles. The summed E-state index contributed by atoms with van der Waals surface area (Å²) in [6.07, 6.45) is 5.84. The molecule has 1 heterocycles. The molecule has 0 amide bonds. The minimum absolute atomic E-state index is 0.169. The van der Waals surface area contributed by atoms with E-state index in [1.54, 1.807) is 6.26 Å². The van der Waals surface area contributed by atoms with Crippen LogP contribution in [0.2, 0.25) is 0 Å². The maximum atomic E-state index is 5.62. The number of hydrogen-bond donors (Lipinski definition) is 1. The van der Waals surface area contributed by atoms with Gasteiger partial charge in [0.05, 0.1) is 12.3 Å². The Morgan fingerprint density at radius 1 is 1.15 bits per heavy atom. The third-order valence-corrected chi connectivity index (χ3v) is 4.37. The summed E-state index contributed by atoms with van der Waals surface area (Å²) in [5.41, 5.74) is 1.27. The molecule has 2 heteroatoms. The monoisotopic (exact) mass is 269 g/mol. The van der Waals surface area contributed by atoms with E-state index >= 15 is 0 Å². The summed E-state index contributed by atoms with van der Waals surface area (Å²) in [6.45, 7) is 3.44. The lowest BCUT2D eigenvalue weighted by Gasteiger charge is -2.20. The minimum atomic E-state index is 0.169. The lowest BCUT2D eigenvalue weighted by molar-refractivity contribution is 0.404. The Morgan fingerprint density at radius 3 is 2.65 bits per heavy atom. The van der Waals surface area contributed by atoms with E-state index in [0.717, 1.165) is 24.1 Å². The highest BCUT2D eigenvalue weighted by atomic mass is 16.3. The van der Waals surface area contributed by atoms with Gasteiger partial charge >= 0.3 is 0 Å². The van der Waals surface area contributed by atoms with Crippen molar-refractivity contribution < 1.29 is 4.42 Å². The number of nitrogens with one attached hydrogen (secondary N) is 1. The molecular weight excluding hydrogens is 246 g/mol. The predicted octanol–water partition coefficient (Wildman–Crippen LogP) is 4.39. The van der Waals surface area contributed by atoms with Crippen molar-refractivity contribution in [1.29, 1.82) is 0 Å². The molecule has 1 aromatic carbocycles. The van der Waals surface area contributed by atoms with Gasteiger partial charge in [-0.3, -0.25) is 0 Å². The second-order valence-electron chi connectivity index (χ2n) is 6.05. The Labute approximate surface area is 121 Å². The lowest BCUT2D eigenvalue weighted by atomic mass is 10.0. The van der Waals surface area contributed by atoms with Gasteiger partial charge < -0.3 is 9.73 Å². The van der Waals surface area contributed by atoms with Crippen molar-refractivity contribution in [3.63, 3.8) is 0 Å². The summed E-state index contributed by atoms with van der Waals surface area (Å²) in [7, 11) is 0. The SMILES string of the molecule is CC1CCC(CNC(c2ccccc2)c2ccco2)C1. The second kappa shape index (κ2) is 6.27. The molecule has 20 heavy (non-hydrogen) atoms. The quantitative estimate of drug-likeness (QED) is 0.870. The Balaban J connectivity index is 1.70. The van der Waals surface area contributed by atoms with Gasteiger partial charge in [0.25, 0.3) is 0 Å². The van der Waals surface area contributed by atoms with E-state index in [-0.39, 0.29) is 6.04 Å². The predicted molar refractivity (Wildman–Crippen MR) is 81.5 cm³/mol. The minimum Gasteiger partial charge on any atom is -0.467 e. The van der Waals surface area contributed by atoms with Crippen LogP contribution in [0.25, 0.3) is 0 Å². The summed E-state index contributed by atoms with van der Waals surface area (Å²) in [5, 5.41) is 3.71. The average Bonchev–Trinajstić information content (AvgIpc) is 3.12. The molecule has 0 bridgehead atoms. The average molecular weight is 269 g/mol. The molecular formula is C18H23NO. The highest BCUT2D eigenvalue weighted by molar-refractivity contribution is 5.26. The van der Waals surface area contributed by atoms with E-state index < -0.39 is 0 Å². The normalized spacial score (nSPS) is 23.9. The van der Waals surface area contributed by atoms with E-state index in [9.17, 15) is 0 Å². The van der Waals surface area contributed by atoms with Crippen LogP contribution < -0.4 is 5.32 Å². The third-order valence-electron chi connectivity index (χ3n) is 4.37. The highest BCUT2D eigenvalue weighted by Gasteiger charge is 2.23. The van der Waals surface area contributed by atoms with Crippen LogP contribution in [-0.2, 0) is 0 Å². The van der Waals surface area contributed by atoms with Crippen LogP contribution in [0, 0.1) is 11.8 Å². The van der Waals surface area contributed by atoms with Gasteiger partial charge in [-0.1, -0.05) is 43.7 Å². The Kier molecular flexibility index (Phi) is 4.22. The molecule has 1 aromatic heterocycles. The van der Waals surface area contributed by atoms with E-state index in [0.29, 0.717) is 0 Å². The Hall–Kier alpha value is -1.54. The van der Waals surface area contributed by atoms with Gasteiger partial charge in [-0.25, -0.2) is 0 Å². The maximum absolute atomic E-state index is 5.62. The first-order valence-corrected chi connectivity index (χ1v) is 7.64. The third kappa shape index (κ3) is 3.13. The van der Waals surface area contributed by atoms with Crippen LogP contribution in [0.5, 0.6) is 0 Å². The molecule has 0 spiro atoms. The van der Waals surface area contributed by atoms with Gasteiger partial charge in [-0.2, -0.15) is 0 Å². The van der Waals surface area contributed by atoms with Crippen molar-refractivity contribution in [3.05, 3.63) is 60.1 Å². The molecule has 0 aliphatic heterocycles. The van der Waals surface area contributed by atoms with Crippen molar-refractivity contribution in [1.82, 2.24) is 5.32 Å². The van der Waals surface area contributed by atoms with Crippen LogP contribution in [0.3, 0.4) is 0 Å². The van der Waals surface area contributed by atoms with E-state index in [1.807, 2.05) is 6.07 Å². The number of furan rings is 1. The van der Waals surface area contributed by atoms with Gasteiger partial charge in [-0.15, -0.1) is 0 Å². The van der Waals surface area contributed by atoms with Crippen molar-refractivity contribution in [3.8, 4) is 0 Å². The van der Waals surface area contributed by atoms with Gasteiger partial charge in [0.1, 0.15) is 5.76 Å². The first kappa shape index (κ1) is 13.4. The maximum Gasteiger partial charge on any atom is 0.125 e. The number of benzene rings is 1. The fraction of sp³-hybridized carbons (Fsp3) is 0.444. The van der Waals surface area contributed by atoms with E-state index in [4.69, 9.17) is 4.42 Å². The van der Waals surface area contributed by atoms with Crippen molar-refractivity contribution in [2.24, 2.45) is 11.8 Å². The van der Waals surface area contributed by atoms with Crippen LogP contribution in [-0.4, -0.2) is 6.54 Å². The first-order chi connectivity index (χ1) is 9.83. The Bertz CT molecular complexity index is 505. The summed E-state index contributed by atoms with van der Waals surface area (Å²) < 4.78 is 5.62. The zero-order valence-corrected chi connectivity index (χ0v) is 12.1. The fourth-order valence-electron chi connectivity index (χ4n) is 3.28. The smallest absolute Gasteiger partial charge is 0.125 e. The molecule has 3 unspecified atom stereocenters. The van der Waals surface area contributed by atoms with Crippen LogP contribution in [0.1, 0.15) is 43.6 Å². The molecule has 1 saturated carbocycles. The lowest BCUT2D eigenvalue weighted by Crippen LogP contribution is -2.27. The van der Waals surface area contributed by atoms with Gasteiger partial charge in [-0.05, 0) is 48.9 Å². The van der Waals surface area contributed by atoms with E-state index in [2.05, 4.69) is 48.6 Å². The number of hydrogen-bond acceptors (Lipinski definition) is 2. The molecule has 0 radical (unpaired) electrons. The summed E-state index contributed by atoms with van der Waals surface area (Å²) in [6, 6.07) is 14.7. The van der Waals surface area contributed by atoms with Crippen LogP contribution in [0.4, 0.5) is 0 Å². The van der Waals surface area contributed by atoms with Gasteiger partial charge in [0, 0.05) is 0 Å². The zero-order valence-electron chi connectivity index (χ0n) is 12.1. The molecule has 3 atom stereocenters. The summed E-state index contributed by atoms with van der Waals surface area (Å²) >= 11 is 0. The van der Waals surface area contributed by atoms with Gasteiger partial charge in [0.2, 0.25) is 0 Å². The molecule has 3 rings (SSSR count). The molecule has 2 aromatic rings. The first-order valence-electron chi connectivity index (χ1n) is 7.64. The van der Waals surface area contributed by atoms with Crippen molar-refractivity contribution in [2.45, 2.75) is 32.2 Å². The molecule has 1 aliphatic rings. The molecule has 2 nitrogen and oxygen atoms in total. The standard InChI is InChI=1S/C18H23NO/c1-14-9-10-15(12-14)13-19-18(17-8-5-11-20-17)16-6-3-2-4-7-16/h2-8,11,14-15,18-19H,9-10,12-13H2,1H3. The van der Waals surface area contributed by atoms with Crippen molar-refractivity contribution in [2.75, 3.05) is 6.54 Å².